The number of hydrogen-bond acceptors (Lipinski definition) is 4. The first kappa shape index (κ1) is 18.1. The number of rotatable bonds is 7. The smallest absolute Gasteiger partial charge is 0.417 e. The van der Waals surface area contributed by atoms with Crippen molar-refractivity contribution in [2.45, 2.75) is 38.5 Å². The minimum absolute atomic E-state index is 0.217. The maximum absolute atomic E-state index is 12.9. The van der Waals surface area contributed by atoms with Gasteiger partial charge in [0, 0.05) is 0 Å². The summed E-state index contributed by atoms with van der Waals surface area (Å²) in [7, 11) is 0. The normalized spacial score (nSPS) is 17.8. The molecule has 5 heteroatoms. The Balaban J connectivity index is 1.67. The molecule has 0 aliphatic carbocycles. The van der Waals surface area contributed by atoms with Crippen LogP contribution in [-0.4, -0.2) is 35.7 Å². The molecule has 1 aliphatic heterocycles. The Morgan fingerprint density at radius 1 is 1.12 bits per heavy atom. The Morgan fingerprint density at radius 3 is 2.35 bits per heavy atom. The number of benzene rings is 2. The van der Waals surface area contributed by atoms with Crippen molar-refractivity contribution in [2.24, 2.45) is 0 Å². The fourth-order valence-corrected chi connectivity index (χ4v) is 3.06. The number of ether oxygens (including phenoxy) is 2. The van der Waals surface area contributed by atoms with Gasteiger partial charge >= 0.3 is 6.09 Å². The molecule has 2 amide bonds. The van der Waals surface area contributed by atoms with E-state index in [-0.39, 0.29) is 18.6 Å². The summed E-state index contributed by atoms with van der Waals surface area (Å²) >= 11 is 0. The molecule has 5 nitrogen and oxygen atoms in total. The van der Waals surface area contributed by atoms with E-state index in [1.54, 1.807) is 0 Å². The van der Waals surface area contributed by atoms with E-state index in [2.05, 4.69) is 0 Å². The topological polar surface area (TPSA) is 55.8 Å². The van der Waals surface area contributed by atoms with Gasteiger partial charge in [-0.2, -0.15) is 0 Å². The van der Waals surface area contributed by atoms with Crippen LogP contribution in [0.2, 0.25) is 0 Å². The van der Waals surface area contributed by atoms with Gasteiger partial charge in [0.1, 0.15) is 12.7 Å². The zero-order valence-corrected chi connectivity index (χ0v) is 14.8. The lowest BCUT2D eigenvalue weighted by atomic mass is 10.1. The third kappa shape index (κ3) is 4.29. The molecule has 2 aromatic carbocycles. The molecular weight excluding hydrogens is 330 g/mol. The summed E-state index contributed by atoms with van der Waals surface area (Å²) < 4.78 is 10.9. The number of carbonyl (C=O) groups is 2. The molecule has 26 heavy (non-hydrogen) atoms. The zero-order chi connectivity index (χ0) is 18.4. The Bertz CT molecular complexity index is 732. The molecule has 0 spiro atoms. The molecule has 3 rings (SSSR count). The minimum Gasteiger partial charge on any atom is -0.447 e. The first-order valence-electron chi connectivity index (χ1n) is 8.88. The summed E-state index contributed by atoms with van der Waals surface area (Å²) in [6.45, 7) is 2.42. The van der Waals surface area contributed by atoms with E-state index in [1.807, 2.05) is 67.6 Å². The molecule has 1 fully saturated rings. The third-order valence-corrected chi connectivity index (χ3v) is 4.45. The summed E-state index contributed by atoms with van der Waals surface area (Å²) in [4.78, 5) is 26.3. The highest BCUT2D eigenvalue weighted by Gasteiger charge is 2.40. The quantitative estimate of drug-likeness (QED) is 0.764. The lowest BCUT2D eigenvalue weighted by Gasteiger charge is -2.24. The molecule has 0 radical (unpaired) electrons. The van der Waals surface area contributed by atoms with Gasteiger partial charge in [-0.25, -0.2) is 9.69 Å². The largest absolute Gasteiger partial charge is 0.447 e. The Hall–Kier alpha value is -2.66. The summed E-state index contributed by atoms with van der Waals surface area (Å²) in [5, 5.41) is 0. The molecule has 2 aromatic rings. The third-order valence-electron chi connectivity index (χ3n) is 4.45. The minimum atomic E-state index is -0.667. The molecule has 2 atom stereocenters. The molecule has 136 valence electrons. The predicted molar refractivity (Wildman–Crippen MR) is 97.4 cm³/mol. The van der Waals surface area contributed by atoms with Crippen molar-refractivity contribution in [1.29, 1.82) is 0 Å². The van der Waals surface area contributed by atoms with Crippen molar-refractivity contribution in [3.05, 3.63) is 71.8 Å². The SMILES string of the molecule is CC[C@@H](OCc1ccccc1)C(=O)N1C(=O)OC[C@H]1Cc1ccccc1. The summed E-state index contributed by atoms with van der Waals surface area (Å²) in [6, 6.07) is 19.2. The van der Waals surface area contributed by atoms with Gasteiger partial charge in [0.15, 0.2) is 0 Å². The van der Waals surface area contributed by atoms with Crippen molar-refractivity contribution in [3.63, 3.8) is 0 Å². The van der Waals surface area contributed by atoms with E-state index in [4.69, 9.17) is 9.47 Å². The van der Waals surface area contributed by atoms with E-state index in [0.717, 1.165) is 11.1 Å². The number of amides is 2. The highest BCUT2D eigenvalue weighted by atomic mass is 16.6. The molecule has 1 heterocycles. The standard InChI is InChI=1S/C21H23NO4/c1-2-19(25-14-17-11-7-4-8-12-17)20(23)22-18(15-26-21(22)24)13-16-9-5-3-6-10-16/h3-12,18-19H,2,13-15H2,1H3/t18-,19-/m1/s1. The molecule has 1 saturated heterocycles. The molecule has 1 aliphatic rings. The number of carbonyl (C=O) groups excluding carboxylic acids is 2. The van der Waals surface area contributed by atoms with Crippen LogP contribution in [0.4, 0.5) is 4.79 Å². The Morgan fingerprint density at radius 2 is 1.73 bits per heavy atom. The van der Waals surface area contributed by atoms with E-state index >= 15 is 0 Å². The van der Waals surface area contributed by atoms with Crippen LogP contribution < -0.4 is 0 Å². The van der Waals surface area contributed by atoms with E-state index in [1.165, 1.54) is 4.90 Å². The monoisotopic (exact) mass is 353 g/mol. The van der Waals surface area contributed by atoms with E-state index in [0.29, 0.717) is 19.4 Å². The maximum Gasteiger partial charge on any atom is 0.417 e. The molecule has 0 bridgehead atoms. The summed E-state index contributed by atoms with van der Waals surface area (Å²) in [6.07, 6.45) is -0.183. The van der Waals surface area contributed by atoms with E-state index in [9.17, 15) is 9.59 Å². The lowest BCUT2D eigenvalue weighted by molar-refractivity contribution is -0.142. The van der Waals surface area contributed by atoms with Gasteiger partial charge in [-0.05, 0) is 24.0 Å². The van der Waals surface area contributed by atoms with Gasteiger partial charge in [-0.15, -0.1) is 0 Å². The van der Waals surface area contributed by atoms with Crippen molar-refractivity contribution in [2.75, 3.05) is 6.61 Å². The van der Waals surface area contributed by atoms with Crippen LogP contribution >= 0.6 is 0 Å². The van der Waals surface area contributed by atoms with Gasteiger partial charge in [-0.3, -0.25) is 4.79 Å². The lowest BCUT2D eigenvalue weighted by Crippen LogP contribution is -2.46. The van der Waals surface area contributed by atoms with Crippen LogP contribution in [-0.2, 0) is 27.3 Å². The van der Waals surface area contributed by atoms with Crippen molar-refractivity contribution < 1.29 is 19.1 Å². The molecule has 0 N–H and O–H groups in total. The van der Waals surface area contributed by atoms with Crippen molar-refractivity contribution >= 4 is 12.0 Å². The Labute approximate surface area is 153 Å². The van der Waals surface area contributed by atoms with Gasteiger partial charge in [0.05, 0.1) is 12.6 Å². The number of cyclic esters (lactones) is 1. The van der Waals surface area contributed by atoms with Crippen LogP contribution in [0.1, 0.15) is 24.5 Å². The average Bonchev–Trinajstić information content (AvgIpc) is 3.04. The average molecular weight is 353 g/mol. The van der Waals surface area contributed by atoms with Gasteiger partial charge < -0.3 is 9.47 Å². The second kappa shape index (κ2) is 8.63. The number of imide groups is 1. The maximum atomic E-state index is 12.9. The van der Waals surface area contributed by atoms with Gasteiger partial charge in [-0.1, -0.05) is 67.6 Å². The second-order valence-corrected chi connectivity index (χ2v) is 6.32. The first-order valence-corrected chi connectivity index (χ1v) is 8.88. The zero-order valence-electron chi connectivity index (χ0n) is 14.8. The predicted octanol–water partition coefficient (Wildman–Crippen LogP) is 3.57. The number of hydrogen-bond donors (Lipinski definition) is 0. The van der Waals surface area contributed by atoms with Crippen LogP contribution in [0, 0.1) is 0 Å². The van der Waals surface area contributed by atoms with E-state index < -0.39 is 12.2 Å². The number of nitrogens with zero attached hydrogens (tertiary/aromatic N) is 1. The van der Waals surface area contributed by atoms with Crippen molar-refractivity contribution in [1.82, 2.24) is 4.90 Å². The second-order valence-electron chi connectivity index (χ2n) is 6.32. The summed E-state index contributed by atoms with van der Waals surface area (Å²) in [5.41, 5.74) is 2.05. The highest BCUT2D eigenvalue weighted by molar-refractivity contribution is 5.96. The molecular formula is C21H23NO4. The van der Waals surface area contributed by atoms with Gasteiger partial charge in [0.25, 0.3) is 5.91 Å². The first-order chi connectivity index (χ1) is 12.7. The van der Waals surface area contributed by atoms with Crippen molar-refractivity contribution in [3.8, 4) is 0 Å². The molecule has 0 saturated carbocycles. The van der Waals surface area contributed by atoms with Crippen LogP contribution in [0.25, 0.3) is 0 Å². The molecule has 0 aromatic heterocycles. The van der Waals surface area contributed by atoms with Crippen LogP contribution in [0.5, 0.6) is 0 Å². The highest BCUT2D eigenvalue weighted by Crippen LogP contribution is 2.20. The van der Waals surface area contributed by atoms with Gasteiger partial charge in [0.2, 0.25) is 0 Å². The summed E-state index contributed by atoms with van der Waals surface area (Å²) in [5.74, 6) is -0.327. The van der Waals surface area contributed by atoms with Crippen LogP contribution in [0.15, 0.2) is 60.7 Å². The molecule has 0 unspecified atom stereocenters. The fraction of sp³-hybridized carbons (Fsp3) is 0.333. The Kier molecular flexibility index (Phi) is 6.02. The van der Waals surface area contributed by atoms with Crippen LogP contribution in [0.3, 0.4) is 0 Å². The fourth-order valence-electron chi connectivity index (χ4n) is 3.06.